The molecule has 0 saturated heterocycles. The van der Waals surface area contributed by atoms with Crippen LogP contribution in [0.2, 0.25) is 5.02 Å². The van der Waals surface area contributed by atoms with Crippen molar-refractivity contribution in [1.82, 2.24) is 0 Å². The second-order valence-electron chi connectivity index (χ2n) is 4.49. The first-order valence-electron chi connectivity index (χ1n) is 6.23. The molecule has 0 heterocycles. The van der Waals surface area contributed by atoms with Gasteiger partial charge in [0.05, 0.1) is 11.1 Å². The summed E-state index contributed by atoms with van der Waals surface area (Å²) in [5.74, 6) is -0.651. The predicted molar refractivity (Wildman–Crippen MR) is 79.2 cm³/mol. The molecule has 0 fully saturated rings. The second-order valence-corrected chi connectivity index (χ2v) is 4.92. The van der Waals surface area contributed by atoms with Gasteiger partial charge < -0.3 is 9.84 Å². The highest BCUT2D eigenvalue weighted by atomic mass is 35.5. The Morgan fingerprint density at radius 1 is 1.14 bits per heavy atom. The minimum absolute atomic E-state index is 0.131. The minimum Gasteiger partial charge on any atom is -0.488 e. The third-order valence-electron chi connectivity index (χ3n) is 2.92. The number of hydrogen-bond acceptors (Lipinski definition) is 3. The van der Waals surface area contributed by atoms with Gasteiger partial charge in [0.25, 0.3) is 0 Å². The van der Waals surface area contributed by atoms with Crippen molar-refractivity contribution in [1.29, 1.82) is 0 Å². The summed E-state index contributed by atoms with van der Waals surface area (Å²) in [6, 6.07) is 11.2. The first kappa shape index (κ1) is 15.1. The van der Waals surface area contributed by atoms with Crippen LogP contribution in [0, 0.1) is 0 Å². The second kappa shape index (κ2) is 6.41. The molecule has 0 spiro atoms. The van der Waals surface area contributed by atoms with Gasteiger partial charge in [0.15, 0.2) is 5.78 Å². The van der Waals surface area contributed by atoms with Crippen molar-refractivity contribution in [3.63, 3.8) is 0 Å². The standard InChI is InChI=1S/C16H13ClO4/c1-10(18)14-8-13(17)6-7-15(14)21-9-11-2-4-12(5-3-11)16(19)20/h2-8H,9H2,1H3,(H,19,20). The van der Waals surface area contributed by atoms with Crippen LogP contribution in [0.15, 0.2) is 42.5 Å². The Kier molecular flexibility index (Phi) is 4.60. The molecule has 0 bridgehead atoms. The number of aromatic carboxylic acids is 1. The summed E-state index contributed by atoms with van der Waals surface area (Å²) in [5, 5.41) is 9.30. The van der Waals surface area contributed by atoms with Gasteiger partial charge in [-0.2, -0.15) is 0 Å². The molecule has 4 nitrogen and oxygen atoms in total. The highest BCUT2D eigenvalue weighted by Gasteiger charge is 2.10. The lowest BCUT2D eigenvalue weighted by Gasteiger charge is -2.10. The fourth-order valence-corrected chi connectivity index (χ4v) is 1.98. The minimum atomic E-state index is -0.973. The van der Waals surface area contributed by atoms with Crippen LogP contribution in [0.4, 0.5) is 0 Å². The highest BCUT2D eigenvalue weighted by molar-refractivity contribution is 6.31. The summed E-state index contributed by atoms with van der Waals surface area (Å²) in [6.07, 6.45) is 0. The zero-order valence-corrected chi connectivity index (χ0v) is 12.1. The summed E-state index contributed by atoms with van der Waals surface area (Å²) in [5.41, 5.74) is 1.45. The molecule has 5 heteroatoms. The molecule has 0 aromatic heterocycles. The molecule has 0 aliphatic carbocycles. The fraction of sp³-hybridized carbons (Fsp3) is 0.125. The molecular formula is C16H13ClO4. The van der Waals surface area contributed by atoms with E-state index >= 15 is 0 Å². The smallest absolute Gasteiger partial charge is 0.335 e. The molecule has 2 aromatic carbocycles. The molecular weight excluding hydrogens is 292 g/mol. The number of rotatable bonds is 5. The topological polar surface area (TPSA) is 63.6 Å². The summed E-state index contributed by atoms with van der Waals surface area (Å²) >= 11 is 5.86. The molecule has 2 aromatic rings. The number of carbonyl (C=O) groups excluding carboxylic acids is 1. The SMILES string of the molecule is CC(=O)c1cc(Cl)ccc1OCc1ccc(C(=O)O)cc1. The van der Waals surface area contributed by atoms with Crippen molar-refractivity contribution < 1.29 is 19.4 Å². The van der Waals surface area contributed by atoms with Crippen molar-refractivity contribution in [3.05, 3.63) is 64.2 Å². The van der Waals surface area contributed by atoms with Gasteiger partial charge in [-0.3, -0.25) is 4.79 Å². The van der Waals surface area contributed by atoms with Gasteiger partial charge in [0, 0.05) is 5.02 Å². The number of halogens is 1. The van der Waals surface area contributed by atoms with E-state index < -0.39 is 5.97 Å². The van der Waals surface area contributed by atoms with Gasteiger partial charge in [-0.05, 0) is 42.8 Å². The third kappa shape index (κ3) is 3.83. The van der Waals surface area contributed by atoms with Crippen LogP contribution in [-0.4, -0.2) is 16.9 Å². The number of ether oxygens (including phenoxy) is 1. The zero-order valence-electron chi connectivity index (χ0n) is 11.3. The average Bonchev–Trinajstić information content (AvgIpc) is 2.46. The average molecular weight is 305 g/mol. The highest BCUT2D eigenvalue weighted by Crippen LogP contribution is 2.24. The molecule has 21 heavy (non-hydrogen) atoms. The van der Waals surface area contributed by atoms with Crippen LogP contribution in [0.3, 0.4) is 0 Å². The normalized spacial score (nSPS) is 10.2. The maximum absolute atomic E-state index is 11.5. The van der Waals surface area contributed by atoms with Gasteiger partial charge in [0.1, 0.15) is 12.4 Å². The van der Waals surface area contributed by atoms with Crippen molar-refractivity contribution in [2.75, 3.05) is 0 Å². The molecule has 0 amide bonds. The first-order valence-corrected chi connectivity index (χ1v) is 6.60. The van der Waals surface area contributed by atoms with E-state index in [1.54, 1.807) is 30.3 Å². The van der Waals surface area contributed by atoms with Crippen molar-refractivity contribution in [3.8, 4) is 5.75 Å². The van der Waals surface area contributed by atoms with E-state index in [4.69, 9.17) is 21.4 Å². The van der Waals surface area contributed by atoms with Crippen molar-refractivity contribution in [2.24, 2.45) is 0 Å². The Labute approximate surface area is 126 Å². The Morgan fingerprint density at radius 2 is 1.81 bits per heavy atom. The van der Waals surface area contributed by atoms with Crippen LogP contribution >= 0.6 is 11.6 Å². The summed E-state index contributed by atoms with van der Waals surface area (Å²) in [6.45, 7) is 1.68. The Balaban J connectivity index is 2.13. The lowest BCUT2D eigenvalue weighted by molar-refractivity contribution is 0.0696. The van der Waals surface area contributed by atoms with Gasteiger partial charge in [0.2, 0.25) is 0 Å². The number of carbonyl (C=O) groups is 2. The van der Waals surface area contributed by atoms with Crippen molar-refractivity contribution in [2.45, 2.75) is 13.5 Å². The monoisotopic (exact) mass is 304 g/mol. The van der Waals surface area contributed by atoms with Gasteiger partial charge in [-0.25, -0.2) is 4.79 Å². The molecule has 0 atom stereocenters. The number of hydrogen-bond donors (Lipinski definition) is 1. The molecule has 0 radical (unpaired) electrons. The maximum Gasteiger partial charge on any atom is 0.335 e. The molecule has 0 aliphatic rings. The number of Topliss-reactive ketones (excluding diaryl/α,β-unsaturated/α-hetero) is 1. The molecule has 1 N–H and O–H groups in total. The number of carboxylic acid groups (broad SMARTS) is 1. The van der Waals surface area contributed by atoms with E-state index in [-0.39, 0.29) is 18.0 Å². The van der Waals surface area contributed by atoms with Gasteiger partial charge in [-0.1, -0.05) is 23.7 Å². The van der Waals surface area contributed by atoms with Crippen LogP contribution in [-0.2, 0) is 6.61 Å². The molecule has 2 rings (SSSR count). The van der Waals surface area contributed by atoms with E-state index in [0.29, 0.717) is 16.3 Å². The van der Waals surface area contributed by atoms with Crippen LogP contribution in [0.1, 0.15) is 33.2 Å². The van der Waals surface area contributed by atoms with Gasteiger partial charge in [-0.15, -0.1) is 0 Å². The molecule has 0 saturated carbocycles. The van der Waals surface area contributed by atoms with E-state index in [0.717, 1.165) is 5.56 Å². The van der Waals surface area contributed by atoms with Crippen LogP contribution in [0.5, 0.6) is 5.75 Å². The maximum atomic E-state index is 11.5. The van der Waals surface area contributed by atoms with Crippen LogP contribution in [0.25, 0.3) is 0 Å². The first-order chi connectivity index (χ1) is 9.97. The summed E-state index contributed by atoms with van der Waals surface area (Å²) in [7, 11) is 0. The number of benzene rings is 2. The largest absolute Gasteiger partial charge is 0.488 e. The van der Waals surface area contributed by atoms with E-state index in [1.165, 1.54) is 19.1 Å². The van der Waals surface area contributed by atoms with Crippen molar-refractivity contribution >= 4 is 23.4 Å². The number of ketones is 1. The molecule has 108 valence electrons. The lowest BCUT2D eigenvalue weighted by Crippen LogP contribution is -2.02. The third-order valence-corrected chi connectivity index (χ3v) is 3.15. The van der Waals surface area contributed by atoms with E-state index in [9.17, 15) is 9.59 Å². The molecule has 0 aliphatic heterocycles. The Morgan fingerprint density at radius 3 is 2.38 bits per heavy atom. The Hall–Kier alpha value is -2.33. The number of carboxylic acids is 1. The van der Waals surface area contributed by atoms with E-state index in [1.807, 2.05) is 0 Å². The quantitative estimate of drug-likeness (QED) is 0.853. The summed E-state index contributed by atoms with van der Waals surface area (Å²) in [4.78, 5) is 22.3. The van der Waals surface area contributed by atoms with Gasteiger partial charge >= 0.3 is 5.97 Å². The Bertz CT molecular complexity index is 677. The van der Waals surface area contributed by atoms with E-state index in [2.05, 4.69) is 0 Å². The summed E-state index contributed by atoms with van der Waals surface area (Å²) < 4.78 is 5.61. The molecule has 0 unspecified atom stereocenters. The lowest BCUT2D eigenvalue weighted by atomic mass is 10.1. The predicted octanol–water partition coefficient (Wildman–Crippen LogP) is 3.82. The fourth-order valence-electron chi connectivity index (χ4n) is 1.81. The van der Waals surface area contributed by atoms with Crippen LogP contribution < -0.4 is 4.74 Å². The zero-order chi connectivity index (χ0) is 15.4.